The molecule has 0 amide bonds. The molecule has 0 radical (unpaired) electrons. The van der Waals surface area contributed by atoms with Crippen LogP contribution in [0.15, 0.2) is 18.2 Å². The first-order valence-corrected chi connectivity index (χ1v) is 10.5. The Labute approximate surface area is 166 Å². The summed E-state index contributed by atoms with van der Waals surface area (Å²) in [5.74, 6) is 0.580. The molecule has 2 aliphatic rings. The van der Waals surface area contributed by atoms with Crippen LogP contribution in [0, 0.1) is 5.92 Å². The molecule has 0 aliphatic carbocycles. The minimum Gasteiger partial charge on any atom is -0.427 e. The molecule has 2 aliphatic heterocycles. The molecule has 1 aromatic carbocycles. The number of hydrogen-bond acceptors (Lipinski definition) is 4. The normalized spacial score (nSPS) is 26.9. The molecule has 2 heterocycles. The van der Waals surface area contributed by atoms with Crippen LogP contribution >= 0.6 is 23.2 Å². The third-order valence-electron chi connectivity index (χ3n) is 6.13. The molecule has 1 aromatic rings. The average molecular weight is 399 g/mol. The van der Waals surface area contributed by atoms with Crippen molar-refractivity contribution in [2.45, 2.75) is 75.9 Å². The molecule has 0 saturated carbocycles. The van der Waals surface area contributed by atoms with Crippen molar-refractivity contribution in [3.8, 4) is 0 Å². The maximum atomic E-state index is 8.93. The number of hydrogen-bond donors (Lipinski definition) is 3. The van der Waals surface area contributed by atoms with Crippen molar-refractivity contribution in [3.63, 3.8) is 0 Å². The molecule has 144 valence electrons. The largest absolute Gasteiger partial charge is 0.451 e. The molecule has 3 rings (SSSR count). The fourth-order valence-corrected chi connectivity index (χ4v) is 5.04. The first-order chi connectivity index (χ1) is 12.4. The number of piperidine rings is 1. The Balaban J connectivity index is 1.51. The Hall–Kier alpha value is -0.295. The maximum Gasteiger partial charge on any atom is 0.451 e. The van der Waals surface area contributed by atoms with E-state index >= 15 is 0 Å². The Bertz CT molecular complexity index is 591. The van der Waals surface area contributed by atoms with Crippen LogP contribution in [0.4, 0.5) is 0 Å². The van der Waals surface area contributed by atoms with Crippen LogP contribution in [-0.4, -0.2) is 40.2 Å². The van der Waals surface area contributed by atoms with Gasteiger partial charge in [0.1, 0.15) is 0 Å². The van der Waals surface area contributed by atoms with Gasteiger partial charge in [0.2, 0.25) is 0 Å². The van der Waals surface area contributed by atoms with Crippen molar-refractivity contribution in [2.75, 3.05) is 0 Å². The third kappa shape index (κ3) is 5.15. The van der Waals surface area contributed by atoms with Gasteiger partial charge in [-0.1, -0.05) is 42.1 Å². The minimum absolute atomic E-state index is 0.223. The Morgan fingerprint density at radius 3 is 2.42 bits per heavy atom. The highest BCUT2D eigenvalue weighted by atomic mass is 35.5. The highest BCUT2D eigenvalue weighted by molar-refractivity contribution is 6.42. The van der Waals surface area contributed by atoms with E-state index in [1.54, 1.807) is 0 Å². The summed E-state index contributed by atoms with van der Waals surface area (Å²) in [4.78, 5) is 2.63. The lowest BCUT2D eigenvalue weighted by atomic mass is 9.80. The van der Waals surface area contributed by atoms with Gasteiger partial charge in [-0.2, -0.15) is 0 Å². The predicted molar refractivity (Wildman–Crippen MR) is 108 cm³/mol. The summed E-state index contributed by atoms with van der Waals surface area (Å²) in [6.45, 7) is 0.933. The smallest absolute Gasteiger partial charge is 0.427 e. The number of fused-ring (bicyclic) bond motifs is 2. The van der Waals surface area contributed by atoms with Crippen LogP contribution in [0.25, 0.3) is 0 Å². The van der Waals surface area contributed by atoms with Crippen LogP contribution in [0.5, 0.6) is 0 Å². The van der Waals surface area contributed by atoms with E-state index in [0.29, 0.717) is 34.4 Å². The number of benzene rings is 1. The van der Waals surface area contributed by atoms with E-state index in [0.717, 1.165) is 25.8 Å². The number of nitrogens with zero attached hydrogens (tertiary/aromatic N) is 1. The van der Waals surface area contributed by atoms with E-state index in [2.05, 4.69) is 11.0 Å². The van der Waals surface area contributed by atoms with Gasteiger partial charge in [-0.15, -0.1) is 0 Å². The molecule has 3 unspecified atom stereocenters. The van der Waals surface area contributed by atoms with Crippen molar-refractivity contribution >= 4 is 30.3 Å². The molecule has 2 saturated heterocycles. The molecule has 7 heteroatoms. The molecule has 2 bridgehead atoms. The lowest BCUT2D eigenvalue weighted by Crippen LogP contribution is -2.46. The Kier molecular flexibility index (Phi) is 7.28. The zero-order valence-corrected chi connectivity index (χ0v) is 16.7. The SMILES string of the molecule is NC(CCCCB(O)O)C1CC2CCC(C1)N2Cc1ccc(Cl)c(Cl)c1. The topological polar surface area (TPSA) is 69.7 Å². The van der Waals surface area contributed by atoms with Gasteiger partial charge < -0.3 is 15.8 Å². The zero-order valence-electron chi connectivity index (χ0n) is 15.2. The maximum absolute atomic E-state index is 8.93. The van der Waals surface area contributed by atoms with Crippen LogP contribution < -0.4 is 5.73 Å². The molecule has 26 heavy (non-hydrogen) atoms. The van der Waals surface area contributed by atoms with Gasteiger partial charge in [-0.25, -0.2) is 0 Å². The molecule has 4 N–H and O–H groups in total. The van der Waals surface area contributed by atoms with Gasteiger partial charge in [0.25, 0.3) is 0 Å². The lowest BCUT2D eigenvalue weighted by molar-refractivity contribution is 0.0845. The highest BCUT2D eigenvalue weighted by Gasteiger charge is 2.41. The number of unbranched alkanes of at least 4 members (excludes halogenated alkanes) is 1. The van der Waals surface area contributed by atoms with E-state index in [1.807, 2.05) is 12.1 Å². The predicted octanol–water partition coefficient (Wildman–Crippen LogP) is 3.71. The second-order valence-electron chi connectivity index (χ2n) is 7.97. The Morgan fingerprint density at radius 2 is 1.81 bits per heavy atom. The molecule has 3 atom stereocenters. The summed E-state index contributed by atoms with van der Waals surface area (Å²) in [6, 6.07) is 7.38. The minimum atomic E-state index is -1.19. The van der Waals surface area contributed by atoms with Crippen LogP contribution in [0.1, 0.15) is 50.5 Å². The second kappa shape index (κ2) is 9.27. The van der Waals surface area contributed by atoms with E-state index < -0.39 is 7.12 Å². The molecule has 0 aromatic heterocycles. The summed E-state index contributed by atoms with van der Waals surface area (Å²) in [5, 5.41) is 19.1. The number of halogens is 2. The summed E-state index contributed by atoms with van der Waals surface area (Å²) in [5.41, 5.74) is 7.70. The highest BCUT2D eigenvalue weighted by Crippen LogP contribution is 2.41. The second-order valence-corrected chi connectivity index (χ2v) is 8.78. The fraction of sp³-hybridized carbons (Fsp3) is 0.684. The quantitative estimate of drug-likeness (QED) is 0.461. The summed E-state index contributed by atoms with van der Waals surface area (Å²) < 4.78 is 0. The van der Waals surface area contributed by atoms with E-state index in [1.165, 1.54) is 31.2 Å². The van der Waals surface area contributed by atoms with Crippen LogP contribution in [-0.2, 0) is 6.54 Å². The zero-order chi connectivity index (χ0) is 18.7. The van der Waals surface area contributed by atoms with Gasteiger partial charge >= 0.3 is 7.12 Å². The van der Waals surface area contributed by atoms with Gasteiger partial charge in [-0.3, -0.25) is 4.90 Å². The van der Waals surface area contributed by atoms with E-state index in [9.17, 15) is 0 Å². The first-order valence-electron chi connectivity index (χ1n) is 9.75. The van der Waals surface area contributed by atoms with Crippen molar-refractivity contribution in [3.05, 3.63) is 33.8 Å². The third-order valence-corrected chi connectivity index (χ3v) is 6.86. The standard InChI is InChI=1S/C19H29BCl2N2O2/c21-17-7-4-13(9-18(17)22)12-24-15-5-6-16(24)11-14(10-15)19(23)3-1-2-8-20(25)26/h4,7,9,14-16,19,25-26H,1-3,5-6,8,10-12,23H2. The van der Waals surface area contributed by atoms with Gasteiger partial charge in [0.15, 0.2) is 0 Å². The fourth-order valence-electron chi connectivity index (χ4n) is 4.72. The van der Waals surface area contributed by atoms with Crippen molar-refractivity contribution < 1.29 is 10.0 Å². The lowest BCUT2D eigenvalue weighted by Gasteiger charge is -2.41. The van der Waals surface area contributed by atoms with Crippen LogP contribution in [0.3, 0.4) is 0 Å². The summed E-state index contributed by atoms with van der Waals surface area (Å²) in [6.07, 6.45) is 8.07. The van der Waals surface area contributed by atoms with Crippen molar-refractivity contribution in [1.29, 1.82) is 0 Å². The van der Waals surface area contributed by atoms with Gasteiger partial charge in [-0.05, 0) is 62.0 Å². The summed E-state index contributed by atoms with van der Waals surface area (Å²) in [7, 11) is -1.19. The Morgan fingerprint density at radius 1 is 1.12 bits per heavy atom. The molecule has 2 fully saturated rings. The number of nitrogens with two attached hydrogens (primary N) is 1. The first kappa shape index (κ1) is 20.4. The molecular formula is C19H29BCl2N2O2. The van der Waals surface area contributed by atoms with E-state index in [4.69, 9.17) is 39.0 Å². The van der Waals surface area contributed by atoms with Gasteiger partial charge in [0, 0.05) is 24.7 Å². The monoisotopic (exact) mass is 398 g/mol. The van der Waals surface area contributed by atoms with Crippen molar-refractivity contribution in [2.24, 2.45) is 11.7 Å². The number of rotatable bonds is 8. The van der Waals surface area contributed by atoms with E-state index in [-0.39, 0.29) is 6.04 Å². The summed E-state index contributed by atoms with van der Waals surface area (Å²) >= 11 is 12.2. The van der Waals surface area contributed by atoms with Crippen LogP contribution in [0.2, 0.25) is 16.4 Å². The van der Waals surface area contributed by atoms with Gasteiger partial charge in [0.05, 0.1) is 10.0 Å². The molecular weight excluding hydrogens is 370 g/mol. The average Bonchev–Trinajstić information content (AvgIpc) is 2.82. The van der Waals surface area contributed by atoms with Crippen molar-refractivity contribution in [1.82, 2.24) is 4.90 Å². The molecule has 0 spiro atoms. The molecule has 4 nitrogen and oxygen atoms in total.